The highest BCUT2D eigenvalue weighted by molar-refractivity contribution is 6.00. The van der Waals surface area contributed by atoms with E-state index in [0.29, 0.717) is 11.1 Å². The van der Waals surface area contributed by atoms with Gasteiger partial charge in [-0.25, -0.2) is 4.79 Å². The number of ether oxygens (including phenoxy) is 1. The van der Waals surface area contributed by atoms with Gasteiger partial charge in [0.25, 0.3) is 0 Å². The average Bonchev–Trinajstić information content (AvgIpc) is 3.09. The van der Waals surface area contributed by atoms with Gasteiger partial charge >= 0.3 is 5.97 Å². The standard InChI is InChI=1S/C23H15NO3/c24-13-15-4-3-6-19(10-15)23(26)27-14-22(25)18-9-8-17-11-16-5-1-2-7-20(16)21(17)12-18/h1-10,12H,11,14H2. The Kier molecular flexibility index (Phi) is 4.27. The topological polar surface area (TPSA) is 67.2 Å². The minimum atomic E-state index is -0.619. The van der Waals surface area contributed by atoms with Crippen LogP contribution in [0.3, 0.4) is 0 Å². The van der Waals surface area contributed by atoms with Crippen LogP contribution in [0, 0.1) is 11.3 Å². The van der Waals surface area contributed by atoms with Gasteiger partial charge < -0.3 is 4.74 Å². The second-order valence-electron chi connectivity index (χ2n) is 6.40. The Morgan fingerprint density at radius 1 is 0.889 bits per heavy atom. The Morgan fingerprint density at radius 3 is 2.56 bits per heavy atom. The molecule has 0 aliphatic heterocycles. The number of esters is 1. The summed E-state index contributed by atoms with van der Waals surface area (Å²) in [5, 5.41) is 8.90. The summed E-state index contributed by atoms with van der Waals surface area (Å²) < 4.78 is 5.13. The van der Waals surface area contributed by atoms with E-state index in [1.165, 1.54) is 17.2 Å². The van der Waals surface area contributed by atoms with Crippen LogP contribution in [0.2, 0.25) is 0 Å². The number of carbonyl (C=O) groups excluding carboxylic acids is 2. The van der Waals surface area contributed by atoms with Gasteiger partial charge in [0, 0.05) is 5.56 Å². The van der Waals surface area contributed by atoms with Crippen molar-refractivity contribution in [3.8, 4) is 17.2 Å². The first-order chi connectivity index (χ1) is 13.2. The molecule has 0 bridgehead atoms. The zero-order valence-corrected chi connectivity index (χ0v) is 14.4. The molecule has 0 saturated carbocycles. The van der Waals surface area contributed by atoms with Gasteiger partial charge in [-0.2, -0.15) is 5.26 Å². The fourth-order valence-electron chi connectivity index (χ4n) is 3.31. The van der Waals surface area contributed by atoms with E-state index in [9.17, 15) is 9.59 Å². The van der Waals surface area contributed by atoms with Crippen molar-refractivity contribution in [3.05, 3.63) is 94.5 Å². The lowest BCUT2D eigenvalue weighted by atomic mass is 10.0. The van der Waals surface area contributed by atoms with Crippen LogP contribution in [-0.4, -0.2) is 18.4 Å². The number of ketones is 1. The Labute approximate surface area is 156 Å². The molecule has 130 valence electrons. The first-order valence-corrected chi connectivity index (χ1v) is 8.57. The van der Waals surface area contributed by atoms with E-state index in [0.717, 1.165) is 17.5 Å². The van der Waals surface area contributed by atoms with Crippen LogP contribution in [0.25, 0.3) is 11.1 Å². The highest BCUT2D eigenvalue weighted by Gasteiger charge is 2.20. The molecule has 0 aromatic heterocycles. The fraction of sp³-hybridized carbons (Fsp3) is 0.0870. The Morgan fingerprint density at radius 2 is 1.70 bits per heavy atom. The number of hydrogen-bond donors (Lipinski definition) is 0. The Balaban J connectivity index is 1.48. The molecule has 1 aliphatic rings. The summed E-state index contributed by atoms with van der Waals surface area (Å²) in [4.78, 5) is 24.6. The van der Waals surface area contributed by atoms with Gasteiger partial charge in [-0.15, -0.1) is 0 Å². The van der Waals surface area contributed by atoms with E-state index in [1.54, 1.807) is 24.3 Å². The number of fused-ring (bicyclic) bond motifs is 3. The minimum absolute atomic E-state index is 0.254. The predicted octanol–water partition coefficient (Wildman–Crippen LogP) is 4.17. The quantitative estimate of drug-likeness (QED) is 0.408. The molecule has 4 nitrogen and oxygen atoms in total. The van der Waals surface area contributed by atoms with Crippen LogP contribution in [0.4, 0.5) is 0 Å². The van der Waals surface area contributed by atoms with Crippen LogP contribution in [0.1, 0.15) is 37.4 Å². The van der Waals surface area contributed by atoms with Crippen molar-refractivity contribution in [2.75, 3.05) is 6.61 Å². The molecular formula is C23H15NO3. The lowest BCUT2D eigenvalue weighted by Crippen LogP contribution is -2.14. The van der Waals surface area contributed by atoms with Crippen molar-refractivity contribution in [3.63, 3.8) is 0 Å². The SMILES string of the molecule is N#Cc1cccc(C(=O)OCC(=O)c2ccc3c(c2)-c2ccccc2C3)c1. The van der Waals surface area contributed by atoms with Crippen LogP contribution in [0.5, 0.6) is 0 Å². The van der Waals surface area contributed by atoms with Crippen LogP contribution in [0.15, 0.2) is 66.7 Å². The predicted molar refractivity (Wildman–Crippen MR) is 100 cm³/mol. The molecule has 0 spiro atoms. The highest BCUT2D eigenvalue weighted by Crippen LogP contribution is 2.36. The molecule has 0 unspecified atom stereocenters. The first kappa shape index (κ1) is 16.7. The van der Waals surface area contributed by atoms with Gasteiger partial charge in [0.05, 0.1) is 17.2 Å². The van der Waals surface area contributed by atoms with Crippen LogP contribution >= 0.6 is 0 Å². The zero-order valence-electron chi connectivity index (χ0n) is 14.4. The molecule has 0 N–H and O–H groups in total. The molecule has 4 heteroatoms. The molecule has 0 fully saturated rings. The zero-order chi connectivity index (χ0) is 18.8. The maximum atomic E-state index is 12.5. The van der Waals surface area contributed by atoms with Crippen LogP contribution < -0.4 is 0 Å². The maximum absolute atomic E-state index is 12.5. The second-order valence-corrected chi connectivity index (χ2v) is 6.40. The van der Waals surface area contributed by atoms with E-state index in [4.69, 9.17) is 10.00 Å². The van der Waals surface area contributed by atoms with Gasteiger partial charge in [-0.1, -0.05) is 42.5 Å². The van der Waals surface area contributed by atoms with Crippen molar-refractivity contribution < 1.29 is 14.3 Å². The number of hydrogen-bond acceptors (Lipinski definition) is 4. The van der Waals surface area contributed by atoms with E-state index in [1.807, 2.05) is 30.3 Å². The number of nitriles is 1. The molecule has 0 saturated heterocycles. The molecule has 0 heterocycles. The van der Waals surface area contributed by atoms with Gasteiger partial charge in [0.1, 0.15) is 0 Å². The van der Waals surface area contributed by atoms with E-state index >= 15 is 0 Å². The smallest absolute Gasteiger partial charge is 0.338 e. The third-order valence-electron chi connectivity index (χ3n) is 4.68. The monoisotopic (exact) mass is 353 g/mol. The summed E-state index contributed by atoms with van der Waals surface area (Å²) in [7, 11) is 0. The van der Waals surface area contributed by atoms with Crippen molar-refractivity contribution in [1.29, 1.82) is 5.26 Å². The lowest BCUT2D eigenvalue weighted by molar-refractivity contribution is 0.0474. The first-order valence-electron chi connectivity index (χ1n) is 8.57. The molecule has 0 atom stereocenters. The van der Waals surface area contributed by atoms with E-state index in [-0.39, 0.29) is 18.0 Å². The number of Topliss-reactive ketones (excluding diaryl/α,β-unsaturated/α-hetero) is 1. The van der Waals surface area contributed by atoms with Crippen molar-refractivity contribution in [2.45, 2.75) is 6.42 Å². The van der Waals surface area contributed by atoms with Crippen LogP contribution in [-0.2, 0) is 11.2 Å². The van der Waals surface area contributed by atoms with Crippen molar-refractivity contribution in [2.24, 2.45) is 0 Å². The third-order valence-corrected chi connectivity index (χ3v) is 4.68. The number of rotatable bonds is 4. The number of carbonyl (C=O) groups is 2. The molecule has 1 aliphatic carbocycles. The lowest BCUT2D eigenvalue weighted by Gasteiger charge is -2.07. The van der Waals surface area contributed by atoms with Gasteiger partial charge in [0.15, 0.2) is 12.4 Å². The Bertz CT molecular complexity index is 1110. The molecule has 3 aromatic rings. The molecular weight excluding hydrogens is 338 g/mol. The highest BCUT2D eigenvalue weighted by atomic mass is 16.5. The number of nitrogens with zero attached hydrogens (tertiary/aromatic N) is 1. The second kappa shape index (κ2) is 6.89. The molecule has 27 heavy (non-hydrogen) atoms. The molecule has 3 aromatic carbocycles. The maximum Gasteiger partial charge on any atom is 0.338 e. The molecule has 4 rings (SSSR count). The largest absolute Gasteiger partial charge is 0.454 e. The summed E-state index contributed by atoms with van der Waals surface area (Å²) in [6, 6.07) is 21.9. The van der Waals surface area contributed by atoms with E-state index in [2.05, 4.69) is 12.1 Å². The van der Waals surface area contributed by atoms with Crippen molar-refractivity contribution in [1.82, 2.24) is 0 Å². The average molecular weight is 353 g/mol. The fourth-order valence-corrected chi connectivity index (χ4v) is 3.31. The van der Waals surface area contributed by atoms with Gasteiger partial charge in [-0.3, -0.25) is 4.79 Å². The minimum Gasteiger partial charge on any atom is -0.454 e. The van der Waals surface area contributed by atoms with Gasteiger partial charge in [0.2, 0.25) is 0 Å². The molecule has 0 amide bonds. The summed E-state index contributed by atoms with van der Waals surface area (Å²) in [6.07, 6.45) is 0.865. The summed E-state index contributed by atoms with van der Waals surface area (Å²) in [6.45, 7) is -0.337. The number of benzene rings is 3. The summed E-state index contributed by atoms with van der Waals surface area (Å²) >= 11 is 0. The molecule has 0 radical (unpaired) electrons. The van der Waals surface area contributed by atoms with E-state index < -0.39 is 5.97 Å². The van der Waals surface area contributed by atoms with Gasteiger partial charge in [-0.05, 0) is 52.9 Å². The Hall–Kier alpha value is -3.71. The summed E-state index contributed by atoms with van der Waals surface area (Å²) in [5.41, 5.74) is 5.79. The summed E-state index contributed by atoms with van der Waals surface area (Å²) in [5.74, 6) is -0.876. The van der Waals surface area contributed by atoms with Crippen molar-refractivity contribution >= 4 is 11.8 Å². The normalized spacial score (nSPS) is 11.2. The third kappa shape index (κ3) is 3.23.